The first kappa shape index (κ1) is 14.2. The van der Waals surface area contributed by atoms with Crippen molar-refractivity contribution in [2.45, 2.75) is 32.2 Å². The molecule has 0 aliphatic heterocycles. The maximum atomic E-state index is 12.0. The zero-order chi connectivity index (χ0) is 13.6. The molecule has 1 aromatic rings. The van der Waals surface area contributed by atoms with Gasteiger partial charge in [-0.15, -0.1) is 0 Å². The zero-order valence-corrected chi connectivity index (χ0v) is 11.0. The van der Waals surface area contributed by atoms with Gasteiger partial charge in [0.2, 0.25) is 5.91 Å². The van der Waals surface area contributed by atoms with Gasteiger partial charge < -0.3 is 10.6 Å². The van der Waals surface area contributed by atoms with Gasteiger partial charge >= 0.3 is 0 Å². The molecule has 1 rings (SSSR count). The second kappa shape index (κ2) is 6.14. The van der Waals surface area contributed by atoms with Crippen LogP contribution in [0.25, 0.3) is 0 Å². The summed E-state index contributed by atoms with van der Waals surface area (Å²) in [5.74, 6) is -0.514. The Hall–Kier alpha value is -1.91. The SMILES string of the molecule is CCC(CC)(NC(=O)c1ccccn1)C(=O)NC. The molecule has 5 nitrogen and oxygen atoms in total. The molecule has 1 aromatic heterocycles. The largest absolute Gasteiger partial charge is 0.357 e. The molecule has 0 spiro atoms. The van der Waals surface area contributed by atoms with Crippen molar-refractivity contribution in [2.24, 2.45) is 0 Å². The van der Waals surface area contributed by atoms with E-state index in [0.29, 0.717) is 18.5 Å². The highest BCUT2D eigenvalue weighted by Crippen LogP contribution is 2.16. The Kier molecular flexibility index (Phi) is 4.83. The Balaban J connectivity index is 2.92. The number of carbonyl (C=O) groups excluding carboxylic acids is 2. The molecule has 0 aromatic carbocycles. The van der Waals surface area contributed by atoms with E-state index >= 15 is 0 Å². The number of amides is 2. The van der Waals surface area contributed by atoms with Gasteiger partial charge in [-0.05, 0) is 25.0 Å². The van der Waals surface area contributed by atoms with Crippen LogP contribution >= 0.6 is 0 Å². The van der Waals surface area contributed by atoms with Crippen LogP contribution in [0.4, 0.5) is 0 Å². The Labute approximate surface area is 107 Å². The predicted molar refractivity (Wildman–Crippen MR) is 69.1 cm³/mol. The van der Waals surface area contributed by atoms with Gasteiger partial charge in [-0.1, -0.05) is 19.9 Å². The van der Waals surface area contributed by atoms with Crippen LogP contribution in [0.2, 0.25) is 0 Å². The van der Waals surface area contributed by atoms with Crippen LogP contribution in [0.1, 0.15) is 37.2 Å². The average molecular weight is 249 g/mol. The summed E-state index contributed by atoms with van der Waals surface area (Å²) in [4.78, 5) is 27.9. The molecule has 0 bridgehead atoms. The van der Waals surface area contributed by atoms with Gasteiger partial charge in [0.1, 0.15) is 11.2 Å². The molecule has 0 aliphatic carbocycles. The molecule has 2 N–H and O–H groups in total. The van der Waals surface area contributed by atoms with E-state index in [-0.39, 0.29) is 11.8 Å². The number of nitrogens with zero attached hydrogens (tertiary/aromatic N) is 1. The molecule has 0 fully saturated rings. The van der Waals surface area contributed by atoms with Gasteiger partial charge in [-0.2, -0.15) is 0 Å². The van der Waals surface area contributed by atoms with Crippen LogP contribution in [0.3, 0.4) is 0 Å². The lowest BCUT2D eigenvalue weighted by molar-refractivity contribution is -0.127. The third kappa shape index (κ3) is 2.85. The maximum absolute atomic E-state index is 12.0. The number of carbonyl (C=O) groups is 2. The lowest BCUT2D eigenvalue weighted by Gasteiger charge is -2.30. The first-order chi connectivity index (χ1) is 8.59. The first-order valence-electron chi connectivity index (χ1n) is 6.05. The van der Waals surface area contributed by atoms with Crippen molar-refractivity contribution in [1.29, 1.82) is 0 Å². The first-order valence-corrected chi connectivity index (χ1v) is 6.05. The number of hydrogen-bond donors (Lipinski definition) is 2. The van der Waals surface area contributed by atoms with E-state index in [1.165, 1.54) is 0 Å². The van der Waals surface area contributed by atoms with Crippen LogP contribution in [-0.4, -0.2) is 29.4 Å². The maximum Gasteiger partial charge on any atom is 0.270 e. The van der Waals surface area contributed by atoms with E-state index < -0.39 is 5.54 Å². The Morgan fingerprint density at radius 3 is 2.39 bits per heavy atom. The van der Waals surface area contributed by atoms with E-state index in [1.807, 2.05) is 13.8 Å². The molecular weight excluding hydrogens is 230 g/mol. The number of aromatic nitrogens is 1. The second-order valence-electron chi connectivity index (χ2n) is 4.04. The van der Waals surface area contributed by atoms with Crippen molar-refractivity contribution in [3.05, 3.63) is 30.1 Å². The summed E-state index contributed by atoms with van der Waals surface area (Å²) in [6, 6.07) is 5.10. The second-order valence-corrected chi connectivity index (χ2v) is 4.04. The lowest BCUT2D eigenvalue weighted by Crippen LogP contribution is -2.57. The van der Waals surface area contributed by atoms with Crippen LogP contribution in [0, 0.1) is 0 Å². The van der Waals surface area contributed by atoms with Gasteiger partial charge in [-0.25, -0.2) is 0 Å². The van der Waals surface area contributed by atoms with E-state index in [0.717, 1.165) is 0 Å². The quantitative estimate of drug-likeness (QED) is 0.821. The Morgan fingerprint density at radius 2 is 1.94 bits per heavy atom. The normalized spacial score (nSPS) is 10.8. The predicted octanol–water partition coefficient (Wildman–Crippen LogP) is 1.12. The molecule has 0 saturated carbocycles. The van der Waals surface area contributed by atoms with Crippen molar-refractivity contribution < 1.29 is 9.59 Å². The minimum Gasteiger partial charge on any atom is -0.357 e. The fourth-order valence-electron chi connectivity index (χ4n) is 1.82. The zero-order valence-electron chi connectivity index (χ0n) is 11.0. The standard InChI is InChI=1S/C13H19N3O2/c1-4-13(5-2,12(18)14-3)16-11(17)10-8-6-7-9-15-10/h6-9H,4-5H2,1-3H3,(H,14,18)(H,16,17). The fourth-order valence-corrected chi connectivity index (χ4v) is 1.82. The lowest BCUT2D eigenvalue weighted by atomic mass is 9.91. The van der Waals surface area contributed by atoms with Gasteiger partial charge in [0.15, 0.2) is 0 Å². The van der Waals surface area contributed by atoms with Crippen LogP contribution < -0.4 is 10.6 Å². The fraction of sp³-hybridized carbons (Fsp3) is 0.462. The summed E-state index contributed by atoms with van der Waals surface area (Å²) >= 11 is 0. The minimum absolute atomic E-state index is 0.184. The summed E-state index contributed by atoms with van der Waals surface area (Å²) in [6.45, 7) is 3.74. The van der Waals surface area contributed by atoms with Gasteiger partial charge in [0.05, 0.1) is 0 Å². The molecule has 0 radical (unpaired) electrons. The number of nitrogens with one attached hydrogen (secondary N) is 2. The number of hydrogen-bond acceptors (Lipinski definition) is 3. The van der Waals surface area contributed by atoms with Crippen molar-refractivity contribution in [2.75, 3.05) is 7.05 Å². The van der Waals surface area contributed by atoms with Gasteiger partial charge in [-0.3, -0.25) is 14.6 Å². The Morgan fingerprint density at radius 1 is 1.28 bits per heavy atom. The highest BCUT2D eigenvalue weighted by atomic mass is 16.2. The van der Waals surface area contributed by atoms with Crippen molar-refractivity contribution >= 4 is 11.8 Å². The summed E-state index contributed by atoms with van der Waals surface area (Å²) in [7, 11) is 1.56. The Bertz CT molecular complexity index is 414. The van der Waals surface area contributed by atoms with Crippen LogP contribution in [0.5, 0.6) is 0 Å². The summed E-state index contributed by atoms with van der Waals surface area (Å²) in [5.41, 5.74) is -0.559. The average Bonchev–Trinajstić information content (AvgIpc) is 2.44. The number of likely N-dealkylation sites (N-methyl/N-ethyl adjacent to an activating group) is 1. The molecule has 2 amide bonds. The molecule has 0 saturated heterocycles. The molecule has 5 heteroatoms. The molecule has 98 valence electrons. The van der Waals surface area contributed by atoms with Gasteiger partial charge in [0, 0.05) is 13.2 Å². The highest BCUT2D eigenvalue weighted by molar-refractivity contribution is 5.97. The van der Waals surface area contributed by atoms with E-state index in [2.05, 4.69) is 15.6 Å². The van der Waals surface area contributed by atoms with Crippen molar-refractivity contribution in [1.82, 2.24) is 15.6 Å². The molecule has 0 unspecified atom stereocenters. The van der Waals surface area contributed by atoms with Gasteiger partial charge in [0.25, 0.3) is 5.91 Å². The van der Waals surface area contributed by atoms with Crippen molar-refractivity contribution in [3.8, 4) is 0 Å². The third-order valence-corrected chi connectivity index (χ3v) is 3.12. The topological polar surface area (TPSA) is 71.1 Å². The van der Waals surface area contributed by atoms with E-state index in [4.69, 9.17) is 0 Å². The van der Waals surface area contributed by atoms with E-state index in [9.17, 15) is 9.59 Å². The van der Waals surface area contributed by atoms with Crippen LogP contribution in [0.15, 0.2) is 24.4 Å². The molecule has 18 heavy (non-hydrogen) atoms. The summed E-state index contributed by atoms with van der Waals surface area (Å²) < 4.78 is 0. The smallest absolute Gasteiger partial charge is 0.270 e. The molecule has 1 heterocycles. The van der Waals surface area contributed by atoms with Crippen molar-refractivity contribution in [3.63, 3.8) is 0 Å². The van der Waals surface area contributed by atoms with Crippen LogP contribution in [-0.2, 0) is 4.79 Å². The number of rotatable bonds is 5. The molecular formula is C13H19N3O2. The summed E-state index contributed by atoms with van der Waals surface area (Å²) in [6.07, 6.45) is 2.61. The minimum atomic E-state index is -0.872. The molecule has 0 atom stereocenters. The highest BCUT2D eigenvalue weighted by Gasteiger charge is 2.36. The monoisotopic (exact) mass is 249 g/mol. The number of pyridine rings is 1. The summed E-state index contributed by atoms with van der Waals surface area (Å²) in [5, 5.41) is 5.37. The molecule has 0 aliphatic rings. The third-order valence-electron chi connectivity index (χ3n) is 3.12. The van der Waals surface area contributed by atoms with E-state index in [1.54, 1.807) is 31.4 Å².